The summed E-state index contributed by atoms with van der Waals surface area (Å²) in [5.41, 5.74) is 9.60. The first-order valence-corrected chi connectivity index (χ1v) is 11.5. The van der Waals surface area contributed by atoms with E-state index in [1.54, 1.807) is 11.1 Å². The minimum absolute atomic E-state index is 0.719. The molecule has 31 heavy (non-hydrogen) atoms. The molecule has 0 spiro atoms. The molecule has 1 heteroatoms. The Morgan fingerprint density at radius 3 is 2.52 bits per heavy atom. The Balaban J connectivity index is 0.000000187. The molecule has 1 heterocycles. The Labute approximate surface area is 188 Å². The second kappa shape index (κ2) is 11.4. The summed E-state index contributed by atoms with van der Waals surface area (Å²) in [5, 5.41) is 0. The van der Waals surface area contributed by atoms with E-state index in [-0.39, 0.29) is 0 Å². The van der Waals surface area contributed by atoms with Crippen molar-refractivity contribution in [3.05, 3.63) is 106 Å². The number of benzene rings is 2. The maximum Gasteiger partial charge on any atom is 0.0242 e. The summed E-state index contributed by atoms with van der Waals surface area (Å²) in [4.78, 5) is 3.17. The van der Waals surface area contributed by atoms with Crippen molar-refractivity contribution >= 4 is 0 Å². The van der Waals surface area contributed by atoms with Crippen LogP contribution in [0.4, 0.5) is 0 Å². The average molecular weight is 410 g/mol. The monoisotopic (exact) mass is 409 g/mol. The highest BCUT2D eigenvalue weighted by atomic mass is 14.6. The van der Waals surface area contributed by atoms with Gasteiger partial charge in [0, 0.05) is 18.0 Å². The molecule has 0 fully saturated rings. The molecule has 1 nitrogen and oxygen atoms in total. The third kappa shape index (κ3) is 6.76. The topological polar surface area (TPSA) is 15.8 Å². The van der Waals surface area contributed by atoms with E-state index in [1.165, 1.54) is 47.9 Å². The quantitative estimate of drug-likeness (QED) is 0.322. The molecular formula is C30H35N. The van der Waals surface area contributed by atoms with Crippen molar-refractivity contribution in [2.75, 3.05) is 0 Å². The maximum absolute atomic E-state index is 5.26. The second-order valence-electron chi connectivity index (χ2n) is 8.70. The Hall–Kier alpha value is -2.98. The van der Waals surface area contributed by atoms with E-state index in [9.17, 15) is 0 Å². The number of H-pyrrole nitrogens is 1. The minimum atomic E-state index is 0.719. The molecule has 0 radical (unpaired) electrons. The van der Waals surface area contributed by atoms with Gasteiger partial charge in [0.2, 0.25) is 0 Å². The molecular weight excluding hydrogens is 374 g/mol. The molecule has 4 rings (SSSR count). The van der Waals surface area contributed by atoms with E-state index in [0.29, 0.717) is 0 Å². The van der Waals surface area contributed by atoms with Gasteiger partial charge in [0.25, 0.3) is 0 Å². The Kier molecular flexibility index (Phi) is 8.36. The summed E-state index contributed by atoms with van der Waals surface area (Å²) in [5.74, 6) is 3.32. The molecule has 1 unspecified atom stereocenters. The van der Waals surface area contributed by atoms with Gasteiger partial charge in [0.05, 0.1) is 0 Å². The third-order valence-corrected chi connectivity index (χ3v) is 6.16. The lowest BCUT2D eigenvalue weighted by molar-refractivity contribution is 0.550. The Morgan fingerprint density at radius 1 is 1.10 bits per heavy atom. The van der Waals surface area contributed by atoms with Crippen molar-refractivity contribution in [1.82, 2.24) is 4.98 Å². The fraction of sp³-hybridized carbons (Fsp3) is 0.333. The van der Waals surface area contributed by atoms with Crippen LogP contribution >= 0.6 is 0 Å². The summed E-state index contributed by atoms with van der Waals surface area (Å²) in [7, 11) is 0. The number of terminal acetylenes is 1. The number of rotatable bonds is 6. The fourth-order valence-corrected chi connectivity index (χ4v) is 4.27. The van der Waals surface area contributed by atoms with E-state index in [0.717, 1.165) is 30.7 Å². The summed E-state index contributed by atoms with van der Waals surface area (Å²) < 4.78 is 0. The van der Waals surface area contributed by atoms with Crippen LogP contribution in [0.15, 0.2) is 73.1 Å². The average Bonchev–Trinajstić information content (AvgIpc) is 3.31. The lowest BCUT2D eigenvalue weighted by atomic mass is 9.79. The first kappa shape index (κ1) is 22.7. The normalized spacial score (nSPS) is 14.7. The first-order chi connectivity index (χ1) is 15.1. The van der Waals surface area contributed by atoms with E-state index < -0.39 is 0 Å². The molecule has 0 aliphatic heterocycles. The number of aryl methyl sites for hydroxylation is 3. The predicted octanol–water partition coefficient (Wildman–Crippen LogP) is 7.42. The summed E-state index contributed by atoms with van der Waals surface area (Å²) in [6, 6.07) is 17.4. The van der Waals surface area contributed by atoms with Gasteiger partial charge in [0.15, 0.2) is 0 Å². The lowest BCUT2D eigenvalue weighted by Crippen LogP contribution is -2.12. The van der Waals surface area contributed by atoms with Crippen molar-refractivity contribution in [2.24, 2.45) is 0 Å². The minimum Gasteiger partial charge on any atom is -0.367 e. The number of hydrogen-bond donors (Lipinski definition) is 1. The van der Waals surface area contributed by atoms with Crippen molar-refractivity contribution in [2.45, 2.75) is 64.7 Å². The van der Waals surface area contributed by atoms with E-state index >= 15 is 0 Å². The molecule has 0 amide bonds. The number of fused-ring (bicyclic) bond motifs is 1. The number of hydrogen-bond acceptors (Lipinski definition) is 0. The van der Waals surface area contributed by atoms with Gasteiger partial charge in [-0.1, -0.05) is 48.7 Å². The summed E-state index contributed by atoms with van der Waals surface area (Å²) >= 11 is 0. The van der Waals surface area contributed by atoms with E-state index in [4.69, 9.17) is 6.42 Å². The van der Waals surface area contributed by atoms with Crippen LogP contribution in [-0.2, 0) is 25.7 Å². The summed E-state index contributed by atoms with van der Waals surface area (Å²) in [6.07, 6.45) is 17.8. The molecule has 160 valence electrons. The molecule has 1 N–H and O–H groups in total. The highest BCUT2D eigenvalue weighted by molar-refractivity contribution is 5.38. The largest absolute Gasteiger partial charge is 0.367 e. The van der Waals surface area contributed by atoms with Crippen LogP contribution in [0.25, 0.3) is 0 Å². The molecule has 1 atom stereocenters. The summed E-state index contributed by atoms with van der Waals surface area (Å²) in [6.45, 7) is 8.16. The Morgan fingerprint density at radius 2 is 1.87 bits per heavy atom. The van der Waals surface area contributed by atoms with Crippen LogP contribution in [0.2, 0.25) is 0 Å². The second-order valence-corrected chi connectivity index (χ2v) is 8.70. The number of aromatic nitrogens is 1. The molecule has 3 aromatic rings. The highest BCUT2D eigenvalue weighted by Gasteiger charge is 2.20. The molecule has 0 saturated heterocycles. The maximum atomic E-state index is 5.26. The number of nitrogens with one attached hydrogen (secondary N) is 1. The van der Waals surface area contributed by atoms with Crippen LogP contribution in [0.5, 0.6) is 0 Å². The van der Waals surface area contributed by atoms with E-state index in [2.05, 4.69) is 73.9 Å². The van der Waals surface area contributed by atoms with Crippen LogP contribution in [0.1, 0.15) is 72.4 Å². The molecule has 0 saturated carbocycles. The van der Waals surface area contributed by atoms with Crippen molar-refractivity contribution in [1.29, 1.82) is 0 Å². The Bertz CT molecular complexity index is 1000. The number of aromatic amines is 1. The predicted molar refractivity (Wildman–Crippen MR) is 134 cm³/mol. The van der Waals surface area contributed by atoms with Gasteiger partial charge in [-0.2, -0.15) is 0 Å². The first-order valence-electron chi connectivity index (χ1n) is 11.5. The van der Waals surface area contributed by atoms with Gasteiger partial charge in [-0.15, -0.1) is 13.0 Å². The van der Waals surface area contributed by atoms with Gasteiger partial charge in [0.1, 0.15) is 0 Å². The zero-order chi connectivity index (χ0) is 22.1. The fourth-order valence-electron chi connectivity index (χ4n) is 4.27. The van der Waals surface area contributed by atoms with Crippen LogP contribution in [-0.4, -0.2) is 4.98 Å². The van der Waals surface area contributed by atoms with Gasteiger partial charge in [-0.3, -0.25) is 0 Å². The van der Waals surface area contributed by atoms with Gasteiger partial charge in [-0.25, -0.2) is 0 Å². The van der Waals surface area contributed by atoms with Gasteiger partial charge >= 0.3 is 0 Å². The molecule has 1 aromatic heterocycles. The highest BCUT2D eigenvalue weighted by Crippen LogP contribution is 2.34. The van der Waals surface area contributed by atoms with Crippen LogP contribution in [0, 0.1) is 12.3 Å². The molecule has 0 bridgehead atoms. The van der Waals surface area contributed by atoms with E-state index in [1.807, 2.05) is 18.3 Å². The standard InChI is InChI=1S/C17H21N.C13H14/c1-2-13-6-7-15-4-3-5-16(17(15)11-13)10-14-8-9-18-12-14;1-4-12-7-9-13(10-8-12)6-5-11(2)3/h6-9,11-12,16,18H,2-5,10H2,1H3;1,7-10H,2,5-6H2,3H3. The molecule has 1 aliphatic carbocycles. The number of allylic oxidation sites excluding steroid dienone is 1. The zero-order valence-corrected chi connectivity index (χ0v) is 19.1. The molecule has 2 aromatic carbocycles. The van der Waals surface area contributed by atoms with Crippen molar-refractivity contribution in [3.63, 3.8) is 0 Å². The zero-order valence-electron chi connectivity index (χ0n) is 19.1. The van der Waals surface area contributed by atoms with Crippen molar-refractivity contribution < 1.29 is 0 Å². The molecule has 1 aliphatic rings. The third-order valence-electron chi connectivity index (χ3n) is 6.16. The SMILES string of the molecule is C#Cc1ccc(CCC(=C)C)cc1.CCc1ccc2c(c1)C(Cc1cc[nH]c1)CCC2. The van der Waals surface area contributed by atoms with Crippen molar-refractivity contribution in [3.8, 4) is 12.3 Å². The smallest absolute Gasteiger partial charge is 0.0242 e. The van der Waals surface area contributed by atoms with Gasteiger partial charge in [-0.05, 0) is 104 Å². The van der Waals surface area contributed by atoms with Crippen LogP contribution in [0.3, 0.4) is 0 Å². The van der Waals surface area contributed by atoms with Gasteiger partial charge < -0.3 is 4.98 Å². The van der Waals surface area contributed by atoms with Crippen LogP contribution < -0.4 is 0 Å². The lowest BCUT2D eigenvalue weighted by Gasteiger charge is -2.26.